The summed E-state index contributed by atoms with van der Waals surface area (Å²) < 4.78 is 0. The lowest BCUT2D eigenvalue weighted by molar-refractivity contribution is -0.124. The van der Waals surface area contributed by atoms with Crippen LogP contribution in [0.3, 0.4) is 0 Å². The lowest BCUT2D eigenvalue weighted by Crippen LogP contribution is -2.43. The van der Waals surface area contributed by atoms with Crippen molar-refractivity contribution in [1.82, 2.24) is 20.4 Å². The summed E-state index contributed by atoms with van der Waals surface area (Å²) in [5, 5.41) is 6.09. The van der Waals surface area contributed by atoms with Gasteiger partial charge in [0.25, 0.3) is 0 Å². The van der Waals surface area contributed by atoms with Crippen LogP contribution in [0.1, 0.15) is 46.0 Å². The van der Waals surface area contributed by atoms with E-state index >= 15 is 0 Å². The Morgan fingerprint density at radius 3 is 2.04 bits per heavy atom. The van der Waals surface area contributed by atoms with Crippen LogP contribution in [0, 0.1) is 0 Å². The largest absolute Gasteiger partial charge is 0.353 e. The van der Waals surface area contributed by atoms with Crippen molar-refractivity contribution in [3.05, 3.63) is 0 Å². The molecule has 23 heavy (non-hydrogen) atoms. The molecule has 1 saturated carbocycles. The first kappa shape index (κ1) is 18.2. The average Bonchev–Trinajstić information content (AvgIpc) is 2.86. The van der Waals surface area contributed by atoms with E-state index in [1.54, 1.807) is 0 Å². The summed E-state index contributed by atoms with van der Waals surface area (Å²) in [6.45, 7) is 8.46. The summed E-state index contributed by atoms with van der Waals surface area (Å²) in [5.41, 5.74) is 0. The van der Waals surface area contributed by atoms with Gasteiger partial charge in [0.15, 0.2) is 0 Å². The Morgan fingerprint density at radius 2 is 1.48 bits per heavy atom. The molecule has 0 radical (unpaired) electrons. The number of rotatable bonds is 6. The van der Waals surface area contributed by atoms with Crippen LogP contribution in [-0.4, -0.2) is 73.0 Å². The lowest BCUT2D eigenvalue weighted by atomic mass is 10.2. The molecule has 0 unspecified atom stereocenters. The monoisotopic (exact) mass is 324 g/mol. The van der Waals surface area contributed by atoms with Crippen molar-refractivity contribution in [3.8, 4) is 0 Å². The van der Waals surface area contributed by atoms with Crippen LogP contribution in [0.4, 0.5) is 0 Å². The second-order valence-corrected chi connectivity index (χ2v) is 7.18. The molecule has 1 heterocycles. The van der Waals surface area contributed by atoms with Crippen molar-refractivity contribution < 1.29 is 9.59 Å². The third-order valence-electron chi connectivity index (χ3n) is 4.59. The summed E-state index contributed by atoms with van der Waals surface area (Å²) in [4.78, 5) is 28.4. The fourth-order valence-electron chi connectivity index (χ4n) is 3.46. The Hall–Kier alpha value is -1.14. The average molecular weight is 324 g/mol. The van der Waals surface area contributed by atoms with Crippen LogP contribution >= 0.6 is 0 Å². The summed E-state index contributed by atoms with van der Waals surface area (Å²) in [5.74, 6) is 0.246. The van der Waals surface area contributed by atoms with Crippen molar-refractivity contribution in [1.29, 1.82) is 0 Å². The molecular weight excluding hydrogens is 292 g/mol. The van der Waals surface area contributed by atoms with Gasteiger partial charge in [-0.3, -0.25) is 19.4 Å². The number of carbonyl (C=O) groups excluding carboxylic acids is 2. The molecular formula is C17H32N4O2. The smallest absolute Gasteiger partial charge is 0.234 e. The van der Waals surface area contributed by atoms with Crippen molar-refractivity contribution in [3.63, 3.8) is 0 Å². The van der Waals surface area contributed by atoms with Crippen LogP contribution < -0.4 is 10.6 Å². The number of nitrogens with one attached hydrogen (secondary N) is 2. The molecule has 2 fully saturated rings. The molecule has 1 aliphatic heterocycles. The predicted molar refractivity (Wildman–Crippen MR) is 91.2 cm³/mol. The minimum Gasteiger partial charge on any atom is -0.353 e. The normalized spacial score (nSPS) is 21.3. The van der Waals surface area contributed by atoms with E-state index < -0.39 is 0 Å². The van der Waals surface area contributed by atoms with Gasteiger partial charge in [-0.05, 0) is 46.2 Å². The first-order valence-electron chi connectivity index (χ1n) is 9.06. The zero-order chi connectivity index (χ0) is 16.7. The van der Waals surface area contributed by atoms with Crippen LogP contribution in [0.5, 0.6) is 0 Å². The van der Waals surface area contributed by atoms with Gasteiger partial charge in [-0.1, -0.05) is 12.8 Å². The molecule has 2 N–H and O–H groups in total. The number of amides is 2. The summed E-state index contributed by atoms with van der Waals surface area (Å²) >= 11 is 0. The van der Waals surface area contributed by atoms with Crippen molar-refractivity contribution in [2.75, 3.05) is 39.3 Å². The highest BCUT2D eigenvalue weighted by Crippen LogP contribution is 2.17. The fraction of sp³-hybridized carbons (Fsp3) is 0.882. The zero-order valence-electron chi connectivity index (χ0n) is 14.6. The van der Waals surface area contributed by atoms with Crippen molar-refractivity contribution in [2.24, 2.45) is 0 Å². The predicted octanol–water partition coefficient (Wildman–Crippen LogP) is 0.578. The van der Waals surface area contributed by atoms with E-state index in [0.717, 1.165) is 45.4 Å². The Kier molecular flexibility index (Phi) is 7.30. The summed E-state index contributed by atoms with van der Waals surface area (Å²) in [6, 6.07) is 0.580. The van der Waals surface area contributed by atoms with E-state index in [-0.39, 0.29) is 17.9 Å². The Balaban J connectivity index is 1.68. The highest BCUT2D eigenvalue weighted by atomic mass is 16.2. The van der Waals surface area contributed by atoms with Gasteiger partial charge in [-0.15, -0.1) is 0 Å². The highest BCUT2D eigenvalue weighted by molar-refractivity contribution is 5.78. The van der Waals surface area contributed by atoms with E-state index in [9.17, 15) is 9.59 Å². The van der Waals surface area contributed by atoms with Crippen LogP contribution in [-0.2, 0) is 9.59 Å². The molecule has 0 atom stereocenters. The molecule has 132 valence electrons. The van der Waals surface area contributed by atoms with Crippen LogP contribution in [0.25, 0.3) is 0 Å². The molecule has 0 bridgehead atoms. The van der Waals surface area contributed by atoms with Crippen molar-refractivity contribution in [2.45, 2.75) is 58.0 Å². The van der Waals surface area contributed by atoms with Gasteiger partial charge in [0.2, 0.25) is 11.8 Å². The molecule has 1 saturated heterocycles. The molecule has 0 aromatic heterocycles. The molecule has 1 aliphatic carbocycles. The van der Waals surface area contributed by atoms with Gasteiger partial charge in [-0.25, -0.2) is 0 Å². The second kappa shape index (κ2) is 9.23. The maximum Gasteiger partial charge on any atom is 0.234 e. The van der Waals surface area contributed by atoms with Crippen LogP contribution in [0.2, 0.25) is 0 Å². The van der Waals surface area contributed by atoms with E-state index in [1.165, 1.54) is 12.8 Å². The van der Waals surface area contributed by atoms with Gasteiger partial charge in [0.05, 0.1) is 13.1 Å². The van der Waals surface area contributed by atoms with E-state index in [4.69, 9.17) is 0 Å². The first-order chi connectivity index (χ1) is 11.0. The minimum absolute atomic E-state index is 0.0902. The van der Waals surface area contributed by atoms with Gasteiger partial charge in [-0.2, -0.15) is 0 Å². The van der Waals surface area contributed by atoms with Gasteiger partial charge in [0, 0.05) is 25.2 Å². The number of hydrogen-bond acceptors (Lipinski definition) is 4. The number of nitrogens with zero attached hydrogens (tertiary/aromatic N) is 2. The maximum absolute atomic E-state index is 12.1. The topological polar surface area (TPSA) is 64.7 Å². The molecule has 0 aromatic carbocycles. The lowest BCUT2D eigenvalue weighted by Gasteiger charge is -2.22. The molecule has 6 nitrogen and oxygen atoms in total. The van der Waals surface area contributed by atoms with Crippen molar-refractivity contribution >= 4 is 11.8 Å². The molecule has 0 aromatic rings. The molecule has 2 amide bonds. The van der Waals surface area contributed by atoms with E-state index in [1.807, 2.05) is 13.8 Å². The highest BCUT2D eigenvalue weighted by Gasteiger charge is 2.21. The first-order valence-corrected chi connectivity index (χ1v) is 9.06. The van der Waals surface area contributed by atoms with Gasteiger partial charge in [0.1, 0.15) is 0 Å². The quantitative estimate of drug-likeness (QED) is 0.750. The third kappa shape index (κ3) is 6.87. The Bertz CT molecular complexity index is 394. The third-order valence-corrected chi connectivity index (χ3v) is 4.59. The maximum atomic E-state index is 12.1. The van der Waals surface area contributed by atoms with Gasteiger partial charge >= 0.3 is 0 Å². The Morgan fingerprint density at radius 1 is 0.913 bits per heavy atom. The molecule has 2 aliphatic rings. The molecule has 2 rings (SSSR count). The van der Waals surface area contributed by atoms with Gasteiger partial charge < -0.3 is 10.6 Å². The standard InChI is InChI=1S/C17H32N4O2/c1-14(2)18-16(22)12-20-8-5-9-21(11-10-20)13-17(23)19-15-6-3-4-7-15/h14-15H,3-13H2,1-2H3,(H,18,22)(H,19,23). The van der Waals surface area contributed by atoms with E-state index in [0.29, 0.717) is 19.1 Å². The SMILES string of the molecule is CC(C)NC(=O)CN1CCCN(CC(=O)NC2CCCC2)CC1. The molecule has 0 spiro atoms. The fourth-order valence-corrected chi connectivity index (χ4v) is 3.46. The zero-order valence-corrected chi connectivity index (χ0v) is 14.6. The number of carbonyl (C=O) groups is 2. The summed E-state index contributed by atoms with van der Waals surface area (Å²) in [7, 11) is 0. The molecule has 6 heteroatoms. The summed E-state index contributed by atoms with van der Waals surface area (Å²) in [6.07, 6.45) is 5.74. The van der Waals surface area contributed by atoms with Crippen LogP contribution in [0.15, 0.2) is 0 Å². The number of hydrogen-bond donors (Lipinski definition) is 2. The minimum atomic E-state index is 0.0902. The second-order valence-electron chi connectivity index (χ2n) is 7.18. The Labute approximate surface area is 140 Å². The van der Waals surface area contributed by atoms with E-state index in [2.05, 4.69) is 20.4 Å².